The van der Waals surface area contributed by atoms with Crippen molar-refractivity contribution in [3.05, 3.63) is 71.3 Å². The molecule has 0 amide bonds. The number of benzene rings is 2. The van der Waals surface area contributed by atoms with Crippen molar-refractivity contribution >= 4 is 0 Å². The van der Waals surface area contributed by atoms with Crippen molar-refractivity contribution in [1.82, 2.24) is 0 Å². The van der Waals surface area contributed by atoms with Crippen molar-refractivity contribution in [2.24, 2.45) is 0 Å². The molecule has 0 aliphatic carbocycles. The van der Waals surface area contributed by atoms with Crippen LogP contribution < -0.4 is 0 Å². The first-order valence-corrected chi connectivity index (χ1v) is 6.61. The molecule has 0 radical (unpaired) electrons. The largest absolute Gasteiger partial charge is 0.385 e. The van der Waals surface area contributed by atoms with E-state index in [2.05, 4.69) is 13.0 Å². The second-order valence-corrected chi connectivity index (χ2v) is 4.61. The highest BCUT2D eigenvalue weighted by Crippen LogP contribution is 2.31. The van der Waals surface area contributed by atoms with Crippen molar-refractivity contribution < 1.29 is 9.84 Å². The Labute approximate surface area is 114 Å². The first-order chi connectivity index (χ1) is 9.26. The minimum Gasteiger partial charge on any atom is -0.385 e. The Morgan fingerprint density at radius 3 is 2.32 bits per heavy atom. The van der Waals surface area contributed by atoms with Crippen molar-refractivity contribution in [2.75, 3.05) is 7.11 Å². The van der Waals surface area contributed by atoms with Gasteiger partial charge in [0.25, 0.3) is 0 Å². The second-order valence-electron chi connectivity index (χ2n) is 4.61. The molecule has 2 aromatic rings. The van der Waals surface area contributed by atoms with Gasteiger partial charge >= 0.3 is 0 Å². The highest BCUT2D eigenvalue weighted by Gasteiger charge is 2.22. The van der Waals surface area contributed by atoms with E-state index < -0.39 is 6.10 Å². The predicted molar refractivity (Wildman–Crippen MR) is 77.0 cm³/mol. The summed E-state index contributed by atoms with van der Waals surface area (Å²) >= 11 is 0. The third-order valence-corrected chi connectivity index (χ3v) is 3.37. The molecule has 2 aromatic carbocycles. The van der Waals surface area contributed by atoms with Crippen molar-refractivity contribution in [3.8, 4) is 0 Å². The Bertz CT molecular complexity index is 508. The van der Waals surface area contributed by atoms with E-state index in [9.17, 15) is 5.11 Å². The maximum atomic E-state index is 10.5. The fourth-order valence-corrected chi connectivity index (χ4v) is 2.26. The fraction of sp³-hybridized carbons (Fsp3) is 0.294. The summed E-state index contributed by atoms with van der Waals surface area (Å²) in [5, 5.41) is 10.5. The van der Waals surface area contributed by atoms with E-state index in [0.717, 1.165) is 17.5 Å². The van der Waals surface area contributed by atoms with Crippen molar-refractivity contribution in [2.45, 2.75) is 25.6 Å². The standard InChI is InChI=1S/C17H20O2/c1-3-13-8-7-11-15(12-13)16(18)17(19-2)14-9-5-4-6-10-14/h4-12,16-18H,3H2,1-2H3. The van der Waals surface area contributed by atoms with Crippen LogP contribution in [0.2, 0.25) is 0 Å². The predicted octanol–water partition coefficient (Wildman–Crippen LogP) is 3.67. The Hall–Kier alpha value is -1.64. The van der Waals surface area contributed by atoms with Gasteiger partial charge in [-0.25, -0.2) is 0 Å². The quantitative estimate of drug-likeness (QED) is 0.884. The minimum atomic E-state index is -0.654. The van der Waals surface area contributed by atoms with E-state index >= 15 is 0 Å². The van der Waals surface area contributed by atoms with Gasteiger partial charge in [-0.2, -0.15) is 0 Å². The molecule has 19 heavy (non-hydrogen) atoms. The molecule has 2 nitrogen and oxygen atoms in total. The van der Waals surface area contributed by atoms with Crippen LogP contribution in [0.15, 0.2) is 54.6 Å². The number of aryl methyl sites for hydroxylation is 1. The molecule has 2 atom stereocenters. The average molecular weight is 256 g/mol. The first-order valence-electron chi connectivity index (χ1n) is 6.61. The van der Waals surface area contributed by atoms with Gasteiger partial charge in [-0.3, -0.25) is 0 Å². The lowest BCUT2D eigenvalue weighted by atomic mass is 9.96. The number of rotatable bonds is 5. The molecule has 1 N–H and O–H groups in total. The molecule has 100 valence electrons. The highest BCUT2D eigenvalue weighted by atomic mass is 16.5. The van der Waals surface area contributed by atoms with E-state index in [1.807, 2.05) is 48.5 Å². The number of hydrogen-bond donors (Lipinski definition) is 1. The summed E-state index contributed by atoms with van der Waals surface area (Å²) in [6.07, 6.45) is -0.0315. The number of hydrogen-bond acceptors (Lipinski definition) is 2. The van der Waals surface area contributed by atoms with E-state index in [4.69, 9.17) is 4.74 Å². The summed E-state index contributed by atoms with van der Waals surface area (Å²) in [5.74, 6) is 0. The van der Waals surface area contributed by atoms with Crippen LogP contribution in [0.3, 0.4) is 0 Å². The van der Waals surface area contributed by atoms with Gasteiger partial charge in [0, 0.05) is 7.11 Å². The minimum absolute atomic E-state index is 0.340. The van der Waals surface area contributed by atoms with Gasteiger partial charge in [-0.15, -0.1) is 0 Å². The Balaban J connectivity index is 2.27. The summed E-state index contributed by atoms with van der Waals surface area (Å²) < 4.78 is 5.48. The Kier molecular flexibility index (Phi) is 4.72. The molecule has 2 unspecified atom stereocenters. The van der Waals surface area contributed by atoms with Gasteiger partial charge in [0.05, 0.1) is 0 Å². The molecule has 0 saturated carbocycles. The van der Waals surface area contributed by atoms with Gasteiger partial charge in [0.2, 0.25) is 0 Å². The zero-order valence-corrected chi connectivity index (χ0v) is 11.4. The van der Waals surface area contributed by atoms with Crippen LogP contribution in [0, 0.1) is 0 Å². The molecule has 2 heteroatoms. The Morgan fingerprint density at radius 2 is 1.68 bits per heavy atom. The lowest BCUT2D eigenvalue weighted by molar-refractivity contribution is -0.0149. The summed E-state index contributed by atoms with van der Waals surface area (Å²) in [7, 11) is 1.63. The van der Waals surface area contributed by atoms with Crippen LogP contribution in [0.5, 0.6) is 0 Å². The van der Waals surface area contributed by atoms with E-state index in [0.29, 0.717) is 0 Å². The third kappa shape index (κ3) is 3.22. The average Bonchev–Trinajstić information content (AvgIpc) is 2.49. The number of aliphatic hydroxyl groups is 1. The van der Waals surface area contributed by atoms with E-state index in [1.54, 1.807) is 7.11 Å². The molecule has 0 aliphatic heterocycles. The van der Waals surface area contributed by atoms with Crippen LogP contribution in [-0.4, -0.2) is 12.2 Å². The van der Waals surface area contributed by atoms with E-state index in [1.165, 1.54) is 5.56 Å². The summed E-state index contributed by atoms with van der Waals surface area (Å²) in [6.45, 7) is 2.11. The SMILES string of the molecule is CCc1cccc(C(O)C(OC)c2ccccc2)c1. The van der Waals surface area contributed by atoms with Crippen LogP contribution >= 0.6 is 0 Å². The molecule has 0 bridgehead atoms. The molecule has 0 fully saturated rings. The molecular weight excluding hydrogens is 236 g/mol. The van der Waals surface area contributed by atoms with Gasteiger partial charge in [0.15, 0.2) is 0 Å². The fourth-order valence-electron chi connectivity index (χ4n) is 2.26. The number of aliphatic hydroxyl groups excluding tert-OH is 1. The van der Waals surface area contributed by atoms with Gasteiger partial charge in [-0.05, 0) is 23.1 Å². The lowest BCUT2D eigenvalue weighted by Gasteiger charge is -2.22. The maximum absolute atomic E-state index is 10.5. The summed E-state index contributed by atoms with van der Waals surface area (Å²) in [4.78, 5) is 0. The zero-order chi connectivity index (χ0) is 13.7. The molecule has 0 saturated heterocycles. The van der Waals surface area contributed by atoms with Crippen molar-refractivity contribution in [1.29, 1.82) is 0 Å². The first kappa shape index (κ1) is 13.8. The Morgan fingerprint density at radius 1 is 1.00 bits per heavy atom. The van der Waals surface area contributed by atoms with Gasteiger partial charge in [-0.1, -0.05) is 61.5 Å². The molecular formula is C17H20O2. The smallest absolute Gasteiger partial charge is 0.112 e. The van der Waals surface area contributed by atoms with Crippen LogP contribution in [-0.2, 0) is 11.2 Å². The van der Waals surface area contributed by atoms with Gasteiger partial charge < -0.3 is 9.84 Å². The normalized spacial score (nSPS) is 14.1. The van der Waals surface area contributed by atoms with Crippen LogP contribution in [0.25, 0.3) is 0 Å². The number of methoxy groups -OCH3 is 1. The summed E-state index contributed by atoms with van der Waals surface area (Å²) in [6, 6.07) is 17.9. The zero-order valence-electron chi connectivity index (χ0n) is 11.4. The maximum Gasteiger partial charge on any atom is 0.112 e. The molecule has 2 rings (SSSR count). The van der Waals surface area contributed by atoms with Crippen molar-refractivity contribution in [3.63, 3.8) is 0 Å². The molecule has 0 heterocycles. The van der Waals surface area contributed by atoms with Crippen LogP contribution in [0.4, 0.5) is 0 Å². The lowest BCUT2D eigenvalue weighted by Crippen LogP contribution is -2.13. The van der Waals surface area contributed by atoms with E-state index in [-0.39, 0.29) is 6.10 Å². The molecule has 0 spiro atoms. The number of ether oxygens (including phenoxy) is 1. The highest BCUT2D eigenvalue weighted by molar-refractivity contribution is 5.28. The van der Waals surface area contributed by atoms with Crippen LogP contribution in [0.1, 0.15) is 35.8 Å². The summed E-state index contributed by atoms with van der Waals surface area (Å²) in [5.41, 5.74) is 3.11. The third-order valence-electron chi connectivity index (χ3n) is 3.37. The molecule has 0 aliphatic rings. The molecule has 0 aromatic heterocycles. The topological polar surface area (TPSA) is 29.5 Å². The van der Waals surface area contributed by atoms with Gasteiger partial charge in [0.1, 0.15) is 12.2 Å². The monoisotopic (exact) mass is 256 g/mol. The second kappa shape index (κ2) is 6.50.